The largest absolute Gasteiger partial charge is 0.497 e. The first-order valence-electron chi connectivity index (χ1n) is 9.16. The van der Waals surface area contributed by atoms with Gasteiger partial charge in [0.05, 0.1) is 38.8 Å². The van der Waals surface area contributed by atoms with E-state index in [9.17, 15) is 4.79 Å². The van der Waals surface area contributed by atoms with Gasteiger partial charge in [-0.2, -0.15) is 5.10 Å². The second kappa shape index (κ2) is 9.98. The summed E-state index contributed by atoms with van der Waals surface area (Å²) in [7, 11) is 4.78. The van der Waals surface area contributed by atoms with Gasteiger partial charge < -0.3 is 14.2 Å². The predicted octanol–water partition coefficient (Wildman–Crippen LogP) is 3.81. The summed E-state index contributed by atoms with van der Waals surface area (Å²) in [4.78, 5) is 17.8. The van der Waals surface area contributed by atoms with Crippen molar-refractivity contribution < 1.29 is 19.0 Å². The molecule has 2 aromatic carbocycles. The minimum atomic E-state index is -0.219. The summed E-state index contributed by atoms with van der Waals surface area (Å²) < 4.78 is 15.8. The maximum absolute atomic E-state index is 12.3. The number of carbonyl (C=O) groups excluding carboxylic acids is 1. The summed E-state index contributed by atoms with van der Waals surface area (Å²) in [6.07, 6.45) is 1.53. The number of rotatable bonds is 8. The smallest absolute Gasteiger partial charge is 0.250 e. The van der Waals surface area contributed by atoms with E-state index in [-0.39, 0.29) is 11.7 Å². The Balaban J connectivity index is 1.67. The molecule has 0 aliphatic carbocycles. The number of carbonyl (C=O) groups is 1. The van der Waals surface area contributed by atoms with Gasteiger partial charge >= 0.3 is 0 Å². The number of hydrazone groups is 1. The number of pyridine rings is 1. The van der Waals surface area contributed by atoms with Crippen molar-refractivity contribution in [2.75, 3.05) is 27.1 Å². The molecule has 0 fully saturated rings. The van der Waals surface area contributed by atoms with Gasteiger partial charge in [-0.25, -0.2) is 5.43 Å². The van der Waals surface area contributed by atoms with Crippen LogP contribution >= 0.6 is 11.8 Å². The molecule has 0 aliphatic heterocycles. The Morgan fingerprint density at radius 1 is 1.07 bits per heavy atom. The van der Waals surface area contributed by atoms with Crippen molar-refractivity contribution in [3.8, 4) is 17.2 Å². The van der Waals surface area contributed by atoms with E-state index in [1.54, 1.807) is 39.5 Å². The third kappa shape index (κ3) is 5.21. The number of amides is 1. The van der Waals surface area contributed by atoms with Crippen molar-refractivity contribution in [1.29, 1.82) is 0 Å². The molecule has 30 heavy (non-hydrogen) atoms. The molecule has 1 heterocycles. The molecule has 8 heteroatoms. The highest BCUT2D eigenvalue weighted by Gasteiger charge is 2.09. The number of fused-ring (bicyclic) bond motifs is 1. The van der Waals surface area contributed by atoms with Gasteiger partial charge in [0.2, 0.25) is 5.91 Å². The Labute approximate surface area is 179 Å². The van der Waals surface area contributed by atoms with Crippen LogP contribution in [0.1, 0.15) is 11.3 Å². The number of hydrogen-bond acceptors (Lipinski definition) is 7. The maximum Gasteiger partial charge on any atom is 0.250 e. The summed E-state index contributed by atoms with van der Waals surface area (Å²) in [6.45, 7) is 1.93. The summed E-state index contributed by atoms with van der Waals surface area (Å²) >= 11 is 1.43. The molecule has 1 aromatic heterocycles. The van der Waals surface area contributed by atoms with Gasteiger partial charge in [-0.1, -0.05) is 0 Å². The Morgan fingerprint density at radius 2 is 1.80 bits per heavy atom. The van der Waals surface area contributed by atoms with E-state index < -0.39 is 0 Å². The fourth-order valence-electron chi connectivity index (χ4n) is 2.84. The summed E-state index contributed by atoms with van der Waals surface area (Å²) in [5.74, 6) is 2.05. The van der Waals surface area contributed by atoms with E-state index >= 15 is 0 Å². The molecule has 1 N–H and O–H groups in total. The van der Waals surface area contributed by atoms with Crippen LogP contribution < -0.4 is 19.6 Å². The number of nitrogens with zero attached hydrogens (tertiary/aromatic N) is 2. The van der Waals surface area contributed by atoms with E-state index in [0.29, 0.717) is 17.1 Å². The van der Waals surface area contributed by atoms with E-state index in [0.717, 1.165) is 27.2 Å². The number of hydrogen-bond donors (Lipinski definition) is 1. The summed E-state index contributed by atoms with van der Waals surface area (Å²) in [6, 6.07) is 13.0. The van der Waals surface area contributed by atoms with Gasteiger partial charge in [0.15, 0.2) is 0 Å². The van der Waals surface area contributed by atoms with Gasteiger partial charge in [-0.05, 0) is 49.4 Å². The van der Waals surface area contributed by atoms with Gasteiger partial charge in [-0.3, -0.25) is 9.78 Å². The molecule has 0 saturated carbocycles. The summed E-state index contributed by atoms with van der Waals surface area (Å²) in [5.41, 5.74) is 5.00. The SMILES string of the molecule is COc1ccc(OC)c(/C=N\NC(=O)CSc2cc(C)nc3ccc(OC)cc23)c1. The standard InChI is InChI=1S/C22H23N3O4S/c1-14-9-21(18-11-17(28-3)5-7-19(18)24-14)30-13-22(26)25-23-12-15-10-16(27-2)6-8-20(15)29-4/h5-12H,13H2,1-4H3,(H,25,26)/b23-12-. The number of aromatic nitrogens is 1. The summed E-state index contributed by atoms with van der Waals surface area (Å²) in [5, 5.41) is 4.99. The molecule has 0 unspecified atom stereocenters. The monoisotopic (exact) mass is 425 g/mol. The van der Waals surface area contributed by atoms with Crippen molar-refractivity contribution in [1.82, 2.24) is 10.4 Å². The second-order valence-electron chi connectivity index (χ2n) is 6.33. The lowest BCUT2D eigenvalue weighted by Gasteiger charge is -2.09. The van der Waals surface area contributed by atoms with Crippen LogP contribution in [-0.2, 0) is 4.79 Å². The Morgan fingerprint density at radius 3 is 2.53 bits per heavy atom. The zero-order valence-electron chi connectivity index (χ0n) is 17.3. The minimum Gasteiger partial charge on any atom is -0.497 e. The van der Waals surface area contributed by atoms with E-state index in [4.69, 9.17) is 14.2 Å². The number of methoxy groups -OCH3 is 3. The van der Waals surface area contributed by atoms with Gasteiger partial charge in [0, 0.05) is 21.5 Å². The lowest BCUT2D eigenvalue weighted by atomic mass is 10.2. The number of aryl methyl sites for hydroxylation is 1. The molecule has 3 aromatic rings. The second-order valence-corrected chi connectivity index (χ2v) is 7.35. The topological polar surface area (TPSA) is 82.0 Å². The normalized spacial score (nSPS) is 10.9. The van der Waals surface area contributed by atoms with E-state index in [1.165, 1.54) is 18.0 Å². The molecular weight excluding hydrogens is 402 g/mol. The van der Waals surface area contributed by atoms with Crippen LogP contribution in [0, 0.1) is 6.92 Å². The van der Waals surface area contributed by atoms with E-state index in [2.05, 4.69) is 15.5 Å². The molecule has 0 spiro atoms. The zero-order valence-corrected chi connectivity index (χ0v) is 18.1. The molecule has 156 valence electrons. The fraction of sp³-hybridized carbons (Fsp3) is 0.227. The van der Waals surface area contributed by atoms with Crippen LogP contribution in [0.25, 0.3) is 10.9 Å². The quantitative estimate of drug-likeness (QED) is 0.336. The average molecular weight is 426 g/mol. The van der Waals surface area contributed by atoms with Crippen molar-refractivity contribution in [3.05, 3.63) is 53.7 Å². The van der Waals surface area contributed by atoms with Crippen LogP contribution in [0.4, 0.5) is 0 Å². The highest BCUT2D eigenvalue weighted by Crippen LogP contribution is 2.30. The highest BCUT2D eigenvalue weighted by molar-refractivity contribution is 8.00. The molecule has 0 bridgehead atoms. The van der Waals surface area contributed by atoms with Crippen molar-refractivity contribution in [3.63, 3.8) is 0 Å². The Kier molecular flexibility index (Phi) is 7.13. The lowest BCUT2D eigenvalue weighted by molar-refractivity contribution is -0.118. The molecule has 7 nitrogen and oxygen atoms in total. The lowest BCUT2D eigenvalue weighted by Crippen LogP contribution is -2.19. The van der Waals surface area contributed by atoms with Crippen molar-refractivity contribution >= 4 is 34.8 Å². The molecule has 0 atom stereocenters. The van der Waals surface area contributed by atoms with Crippen molar-refractivity contribution in [2.45, 2.75) is 11.8 Å². The van der Waals surface area contributed by atoms with Crippen LogP contribution in [0.15, 0.2) is 52.5 Å². The molecule has 1 amide bonds. The number of nitrogens with one attached hydrogen (secondary N) is 1. The number of thioether (sulfide) groups is 1. The molecule has 3 rings (SSSR count). The zero-order chi connectivity index (χ0) is 21.5. The fourth-order valence-corrected chi connectivity index (χ4v) is 3.76. The predicted molar refractivity (Wildman–Crippen MR) is 119 cm³/mol. The van der Waals surface area contributed by atoms with Crippen LogP contribution in [0.2, 0.25) is 0 Å². The average Bonchev–Trinajstić information content (AvgIpc) is 2.76. The van der Waals surface area contributed by atoms with Crippen LogP contribution in [0.3, 0.4) is 0 Å². The third-order valence-electron chi connectivity index (χ3n) is 4.29. The first kappa shape index (κ1) is 21.4. The van der Waals surface area contributed by atoms with Gasteiger partial charge in [0.25, 0.3) is 0 Å². The third-order valence-corrected chi connectivity index (χ3v) is 5.35. The molecular formula is C22H23N3O4S. The Bertz CT molecular complexity index is 1090. The van der Waals surface area contributed by atoms with Gasteiger partial charge in [0.1, 0.15) is 17.2 Å². The van der Waals surface area contributed by atoms with Gasteiger partial charge in [-0.15, -0.1) is 11.8 Å². The van der Waals surface area contributed by atoms with Crippen molar-refractivity contribution in [2.24, 2.45) is 5.10 Å². The van der Waals surface area contributed by atoms with Crippen LogP contribution in [0.5, 0.6) is 17.2 Å². The Hall–Kier alpha value is -3.26. The first-order valence-corrected chi connectivity index (χ1v) is 10.1. The maximum atomic E-state index is 12.3. The molecule has 0 radical (unpaired) electrons. The van der Waals surface area contributed by atoms with Crippen LogP contribution in [-0.4, -0.2) is 44.2 Å². The molecule has 0 saturated heterocycles. The highest BCUT2D eigenvalue weighted by atomic mass is 32.2. The number of benzene rings is 2. The number of ether oxygens (including phenoxy) is 3. The molecule has 0 aliphatic rings. The van der Waals surface area contributed by atoms with E-state index in [1.807, 2.05) is 31.2 Å². The first-order chi connectivity index (χ1) is 14.5. The minimum absolute atomic E-state index is 0.211.